The van der Waals surface area contributed by atoms with Gasteiger partial charge in [0.2, 0.25) is 11.8 Å². The molecule has 3 N–H and O–H groups in total. The van der Waals surface area contributed by atoms with Gasteiger partial charge < -0.3 is 15.5 Å². The van der Waals surface area contributed by atoms with Crippen molar-refractivity contribution in [3.8, 4) is 11.5 Å². The fourth-order valence-corrected chi connectivity index (χ4v) is 1.83. The first-order valence-corrected chi connectivity index (χ1v) is 6.55. The van der Waals surface area contributed by atoms with Crippen LogP contribution in [-0.2, 0) is 4.79 Å². The Morgan fingerprint density at radius 1 is 1.45 bits per heavy atom. The van der Waals surface area contributed by atoms with Crippen molar-refractivity contribution >= 4 is 11.6 Å². The van der Waals surface area contributed by atoms with E-state index >= 15 is 0 Å². The number of amides is 1. The zero-order valence-electron chi connectivity index (χ0n) is 11.9. The summed E-state index contributed by atoms with van der Waals surface area (Å²) in [7, 11) is 0. The van der Waals surface area contributed by atoms with Crippen LogP contribution in [0.3, 0.4) is 0 Å². The Kier molecular flexibility index (Phi) is 4.20. The zero-order chi connectivity index (χ0) is 14.7. The number of anilines is 1. The van der Waals surface area contributed by atoms with Gasteiger partial charge in [0.1, 0.15) is 5.76 Å². The number of carbonyl (C=O) groups is 1. The first-order chi connectivity index (χ1) is 9.45. The van der Waals surface area contributed by atoms with Crippen LogP contribution in [0.5, 0.6) is 0 Å². The van der Waals surface area contributed by atoms with Crippen LogP contribution in [-0.4, -0.2) is 16.9 Å². The molecule has 0 bridgehead atoms. The van der Waals surface area contributed by atoms with Gasteiger partial charge in [-0.25, -0.2) is 4.98 Å². The van der Waals surface area contributed by atoms with Gasteiger partial charge in [0.25, 0.3) is 0 Å². The van der Waals surface area contributed by atoms with Crippen LogP contribution in [0.1, 0.15) is 24.8 Å². The van der Waals surface area contributed by atoms with E-state index in [2.05, 4.69) is 10.3 Å². The maximum absolute atomic E-state index is 11.7. The molecule has 5 nitrogen and oxygen atoms in total. The summed E-state index contributed by atoms with van der Waals surface area (Å²) in [5, 5.41) is 2.82. The highest BCUT2D eigenvalue weighted by Crippen LogP contribution is 2.24. The van der Waals surface area contributed by atoms with Crippen molar-refractivity contribution in [2.45, 2.75) is 33.2 Å². The molecule has 1 heterocycles. The van der Waals surface area contributed by atoms with Gasteiger partial charge in [-0.2, -0.15) is 0 Å². The highest BCUT2D eigenvalue weighted by Gasteiger charge is 2.10. The van der Waals surface area contributed by atoms with Gasteiger partial charge in [0.05, 0.1) is 5.69 Å². The van der Waals surface area contributed by atoms with Gasteiger partial charge >= 0.3 is 0 Å². The molecule has 0 saturated carbocycles. The monoisotopic (exact) mass is 273 g/mol. The smallest absolute Gasteiger partial charge is 0.226 e. The van der Waals surface area contributed by atoms with Gasteiger partial charge in [0.15, 0.2) is 0 Å². The largest absolute Gasteiger partial charge is 0.441 e. The molecule has 0 aliphatic heterocycles. The second kappa shape index (κ2) is 5.88. The molecule has 1 aromatic carbocycles. The molecule has 2 rings (SSSR count). The number of hydrogen-bond acceptors (Lipinski definition) is 4. The third-order valence-corrected chi connectivity index (χ3v) is 2.93. The molecular weight excluding hydrogens is 254 g/mol. The number of hydrogen-bond donors (Lipinski definition) is 2. The van der Waals surface area contributed by atoms with Crippen molar-refractivity contribution in [3.63, 3.8) is 0 Å². The van der Waals surface area contributed by atoms with Gasteiger partial charge in [-0.1, -0.05) is 6.07 Å². The van der Waals surface area contributed by atoms with E-state index in [4.69, 9.17) is 10.2 Å². The topological polar surface area (TPSA) is 81.2 Å². The number of nitrogens with one attached hydrogen (secondary N) is 1. The van der Waals surface area contributed by atoms with E-state index in [1.165, 1.54) is 0 Å². The molecule has 106 valence electrons. The fourth-order valence-electron chi connectivity index (χ4n) is 1.83. The molecule has 0 fully saturated rings. The highest BCUT2D eigenvalue weighted by atomic mass is 16.4. The van der Waals surface area contributed by atoms with E-state index in [-0.39, 0.29) is 11.9 Å². The van der Waals surface area contributed by atoms with Crippen LogP contribution < -0.4 is 11.1 Å². The van der Waals surface area contributed by atoms with E-state index < -0.39 is 0 Å². The third kappa shape index (κ3) is 3.45. The number of nitrogens with zero attached hydrogens (tertiary/aromatic N) is 1. The molecule has 0 saturated heterocycles. The van der Waals surface area contributed by atoms with Crippen molar-refractivity contribution in [2.75, 3.05) is 5.32 Å². The van der Waals surface area contributed by atoms with Crippen molar-refractivity contribution in [1.29, 1.82) is 0 Å². The van der Waals surface area contributed by atoms with E-state index in [0.29, 0.717) is 18.0 Å². The first kappa shape index (κ1) is 14.3. The lowest BCUT2D eigenvalue weighted by Gasteiger charge is -2.07. The molecule has 0 aliphatic carbocycles. The average molecular weight is 273 g/mol. The Bertz CT molecular complexity index is 598. The Balaban J connectivity index is 2.18. The van der Waals surface area contributed by atoms with Crippen molar-refractivity contribution in [3.05, 3.63) is 35.7 Å². The quantitative estimate of drug-likeness (QED) is 0.897. The lowest BCUT2D eigenvalue weighted by Crippen LogP contribution is -2.23. The zero-order valence-corrected chi connectivity index (χ0v) is 11.9. The number of carbonyl (C=O) groups excluding carboxylic acids is 1. The molecule has 20 heavy (non-hydrogen) atoms. The normalized spacial score (nSPS) is 12.2. The number of aromatic nitrogens is 1. The molecule has 0 radical (unpaired) electrons. The fraction of sp³-hybridized carbons (Fsp3) is 0.333. The van der Waals surface area contributed by atoms with E-state index in [0.717, 1.165) is 17.0 Å². The Morgan fingerprint density at radius 3 is 2.80 bits per heavy atom. The van der Waals surface area contributed by atoms with Crippen LogP contribution in [0.15, 0.2) is 28.7 Å². The lowest BCUT2D eigenvalue weighted by atomic mass is 10.2. The van der Waals surface area contributed by atoms with E-state index in [1.807, 2.05) is 38.1 Å². The second-order valence-electron chi connectivity index (χ2n) is 4.97. The molecule has 1 unspecified atom stereocenters. The highest BCUT2D eigenvalue weighted by molar-refractivity contribution is 5.91. The number of oxazole rings is 1. The maximum atomic E-state index is 11.7. The van der Waals surface area contributed by atoms with Crippen molar-refractivity contribution in [1.82, 2.24) is 4.98 Å². The minimum absolute atomic E-state index is 0.100. The van der Waals surface area contributed by atoms with Crippen LogP contribution in [0.25, 0.3) is 11.5 Å². The number of nitrogens with two attached hydrogens (primary N) is 1. The van der Waals surface area contributed by atoms with E-state index in [9.17, 15) is 4.79 Å². The minimum atomic E-state index is -0.157. The number of aryl methyl sites for hydroxylation is 2. The minimum Gasteiger partial charge on any atom is -0.441 e. The van der Waals surface area contributed by atoms with E-state index in [1.54, 1.807) is 6.92 Å². The molecular formula is C15H19N3O2. The predicted octanol–water partition coefficient (Wildman–Crippen LogP) is 2.63. The average Bonchev–Trinajstić information content (AvgIpc) is 2.69. The summed E-state index contributed by atoms with van der Waals surface area (Å²) in [5.41, 5.74) is 8.01. The Hall–Kier alpha value is -2.14. The summed E-state index contributed by atoms with van der Waals surface area (Å²) in [4.78, 5) is 16.0. The summed E-state index contributed by atoms with van der Waals surface area (Å²) < 4.78 is 5.58. The number of rotatable bonds is 4. The van der Waals surface area contributed by atoms with Gasteiger partial charge in [0, 0.05) is 23.7 Å². The molecule has 2 aromatic rings. The van der Waals surface area contributed by atoms with Crippen LogP contribution in [0.4, 0.5) is 5.69 Å². The summed E-state index contributed by atoms with van der Waals surface area (Å²) in [6.07, 6.45) is 0.293. The van der Waals surface area contributed by atoms with Crippen molar-refractivity contribution < 1.29 is 9.21 Å². The SMILES string of the molecule is Cc1nc(-c2cccc(NC(=O)CC(C)N)c2)oc1C. The first-order valence-electron chi connectivity index (χ1n) is 6.55. The summed E-state index contributed by atoms with van der Waals surface area (Å²) in [6, 6.07) is 7.25. The van der Waals surface area contributed by atoms with Gasteiger partial charge in [-0.05, 0) is 39.0 Å². The maximum Gasteiger partial charge on any atom is 0.226 e. The third-order valence-electron chi connectivity index (χ3n) is 2.93. The molecule has 1 amide bonds. The van der Waals surface area contributed by atoms with Crippen LogP contribution >= 0.6 is 0 Å². The molecule has 0 aliphatic rings. The van der Waals surface area contributed by atoms with Gasteiger partial charge in [-0.15, -0.1) is 0 Å². The summed E-state index contributed by atoms with van der Waals surface area (Å²) in [5.74, 6) is 1.26. The van der Waals surface area contributed by atoms with Gasteiger partial charge in [-0.3, -0.25) is 4.79 Å². The molecule has 1 aromatic heterocycles. The molecule has 1 atom stereocenters. The van der Waals surface area contributed by atoms with Crippen molar-refractivity contribution in [2.24, 2.45) is 5.73 Å². The van der Waals surface area contributed by atoms with Crippen LogP contribution in [0.2, 0.25) is 0 Å². The standard InChI is InChI=1S/C15H19N3O2/c1-9(16)7-14(19)18-13-6-4-5-12(8-13)15-17-10(2)11(3)20-15/h4-6,8-9H,7,16H2,1-3H3,(H,18,19). The predicted molar refractivity (Wildman–Crippen MR) is 78.3 cm³/mol. The second-order valence-corrected chi connectivity index (χ2v) is 4.97. The summed E-state index contributed by atoms with van der Waals surface area (Å²) in [6.45, 7) is 5.57. The Morgan fingerprint density at radius 2 is 2.20 bits per heavy atom. The van der Waals surface area contributed by atoms with Crippen LogP contribution in [0, 0.1) is 13.8 Å². The Labute approximate surface area is 118 Å². The number of benzene rings is 1. The molecule has 5 heteroatoms. The summed E-state index contributed by atoms with van der Waals surface area (Å²) >= 11 is 0. The molecule has 0 spiro atoms. The lowest BCUT2D eigenvalue weighted by molar-refractivity contribution is -0.116.